The Morgan fingerprint density at radius 3 is 2.56 bits per heavy atom. The summed E-state index contributed by atoms with van der Waals surface area (Å²) in [5.74, 6) is -1.97. The highest BCUT2D eigenvalue weighted by Crippen LogP contribution is 2.27. The predicted molar refractivity (Wildman–Crippen MR) is 129 cm³/mol. The van der Waals surface area contributed by atoms with Crippen LogP contribution < -0.4 is 11.1 Å². The molecule has 1 N–H and O–H groups in total. The molecule has 0 atom stereocenters. The zero-order valence-corrected chi connectivity index (χ0v) is 19.7. The number of halogens is 1. The molecule has 36 heavy (non-hydrogen) atoms. The first-order valence-corrected chi connectivity index (χ1v) is 11.2. The smallest absolute Gasteiger partial charge is 0.419 e. The molecule has 0 radical (unpaired) electrons. The van der Waals surface area contributed by atoms with Crippen molar-refractivity contribution in [2.75, 3.05) is 11.9 Å². The third-order valence-electron chi connectivity index (χ3n) is 5.93. The fourth-order valence-electron chi connectivity index (χ4n) is 3.92. The second kappa shape index (κ2) is 10.3. The number of nitriles is 1. The van der Waals surface area contributed by atoms with Gasteiger partial charge in [-0.1, -0.05) is 24.3 Å². The SMILES string of the molecule is Cc1c(C#N)c(NC(=O)COC(=O)CCn2c(=O)oc3ccccc32)n(Cc2ccc(F)cc2)c1C. The third kappa shape index (κ3) is 5.05. The molecule has 10 heteroatoms. The van der Waals surface area contributed by atoms with E-state index < -0.39 is 24.2 Å². The van der Waals surface area contributed by atoms with Crippen molar-refractivity contribution in [3.8, 4) is 6.07 Å². The molecule has 2 heterocycles. The molecule has 0 bridgehead atoms. The van der Waals surface area contributed by atoms with Gasteiger partial charge in [0.2, 0.25) is 0 Å². The number of carbonyl (C=O) groups excluding carboxylic acids is 2. The number of nitrogens with one attached hydrogen (secondary N) is 1. The largest absolute Gasteiger partial charge is 0.456 e. The number of ether oxygens (including phenoxy) is 1. The van der Waals surface area contributed by atoms with Crippen LogP contribution in [0.2, 0.25) is 0 Å². The van der Waals surface area contributed by atoms with Crippen molar-refractivity contribution >= 4 is 28.8 Å². The van der Waals surface area contributed by atoms with Gasteiger partial charge in [0, 0.05) is 18.8 Å². The van der Waals surface area contributed by atoms with E-state index >= 15 is 0 Å². The van der Waals surface area contributed by atoms with Crippen LogP contribution >= 0.6 is 0 Å². The van der Waals surface area contributed by atoms with Crippen LogP contribution in [0.1, 0.15) is 28.8 Å². The maximum Gasteiger partial charge on any atom is 0.419 e. The van der Waals surface area contributed by atoms with Gasteiger partial charge < -0.3 is 19.0 Å². The van der Waals surface area contributed by atoms with E-state index in [9.17, 15) is 24.0 Å². The Morgan fingerprint density at radius 1 is 1.11 bits per heavy atom. The summed E-state index contributed by atoms with van der Waals surface area (Å²) in [4.78, 5) is 36.8. The molecule has 4 rings (SSSR count). The average molecular weight is 490 g/mol. The van der Waals surface area contributed by atoms with Crippen molar-refractivity contribution in [3.05, 3.63) is 87.3 Å². The molecule has 0 saturated heterocycles. The van der Waals surface area contributed by atoms with Gasteiger partial charge in [-0.15, -0.1) is 0 Å². The fraction of sp³-hybridized carbons (Fsp3) is 0.231. The summed E-state index contributed by atoms with van der Waals surface area (Å²) >= 11 is 0. The summed E-state index contributed by atoms with van der Waals surface area (Å²) in [6, 6.07) is 14.9. The average Bonchev–Trinajstić information content (AvgIpc) is 3.30. The molecule has 184 valence electrons. The van der Waals surface area contributed by atoms with Crippen molar-refractivity contribution < 1.29 is 23.1 Å². The number of para-hydroxylation sites is 2. The van der Waals surface area contributed by atoms with Crippen molar-refractivity contribution in [3.63, 3.8) is 0 Å². The van der Waals surface area contributed by atoms with E-state index in [-0.39, 0.29) is 24.6 Å². The lowest BCUT2D eigenvalue weighted by Crippen LogP contribution is -2.24. The van der Waals surface area contributed by atoms with E-state index in [0.717, 1.165) is 11.3 Å². The van der Waals surface area contributed by atoms with Crippen LogP contribution in [0.25, 0.3) is 11.1 Å². The van der Waals surface area contributed by atoms with E-state index in [1.807, 2.05) is 6.92 Å². The highest BCUT2D eigenvalue weighted by atomic mass is 19.1. The Balaban J connectivity index is 1.40. The van der Waals surface area contributed by atoms with E-state index in [0.29, 0.717) is 28.8 Å². The first-order valence-electron chi connectivity index (χ1n) is 11.2. The number of rotatable bonds is 8. The van der Waals surface area contributed by atoms with Gasteiger partial charge in [-0.2, -0.15) is 5.26 Å². The Hall–Kier alpha value is -4.65. The van der Waals surface area contributed by atoms with Crippen LogP contribution in [0.5, 0.6) is 0 Å². The standard InChI is InChI=1S/C26H23FN4O5/c1-16-17(2)31(14-18-7-9-19(27)10-8-18)25(20(16)13-28)29-23(32)15-35-24(33)11-12-30-21-5-3-4-6-22(21)36-26(30)34/h3-10H,11-12,14-15H2,1-2H3,(H,29,32). The molecule has 2 aromatic heterocycles. The minimum Gasteiger partial charge on any atom is -0.456 e. The molecule has 0 aliphatic rings. The minimum absolute atomic E-state index is 0.0355. The number of amides is 1. The number of anilines is 1. The molecule has 0 aliphatic heterocycles. The zero-order valence-electron chi connectivity index (χ0n) is 19.7. The Bertz CT molecular complexity index is 1540. The van der Waals surface area contributed by atoms with Crippen LogP contribution in [-0.2, 0) is 27.4 Å². The van der Waals surface area contributed by atoms with Crippen LogP contribution in [0.4, 0.5) is 10.2 Å². The van der Waals surface area contributed by atoms with Gasteiger partial charge in [0.1, 0.15) is 17.7 Å². The lowest BCUT2D eigenvalue weighted by Gasteiger charge is -2.13. The van der Waals surface area contributed by atoms with Gasteiger partial charge in [0.25, 0.3) is 5.91 Å². The van der Waals surface area contributed by atoms with Crippen LogP contribution in [-0.4, -0.2) is 27.6 Å². The first kappa shape index (κ1) is 24.5. The number of oxazole rings is 1. The molecular weight excluding hydrogens is 467 g/mol. The second-order valence-corrected chi connectivity index (χ2v) is 8.20. The molecule has 0 aliphatic carbocycles. The number of carbonyl (C=O) groups is 2. The quantitative estimate of drug-likeness (QED) is 0.377. The van der Waals surface area contributed by atoms with E-state index in [2.05, 4.69) is 11.4 Å². The fourth-order valence-corrected chi connectivity index (χ4v) is 3.92. The van der Waals surface area contributed by atoms with Crippen LogP contribution in [0.15, 0.2) is 57.7 Å². The van der Waals surface area contributed by atoms with Crippen LogP contribution in [0.3, 0.4) is 0 Å². The highest BCUT2D eigenvalue weighted by molar-refractivity contribution is 5.93. The molecule has 9 nitrogen and oxygen atoms in total. The van der Waals surface area contributed by atoms with E-state index in [1.165, 1.54) is 16.7 Å². The molecule has 0 spiro atoms. The maximum absolute atomic E-state index is 13.3. The maximum atomic E-state index is 13.3. The number of esters is 1. The van der Waals surface area contributed by atoms with Gasteiger partial charge in [-0.25, -0.2) is 9.18 Å². The highest BCUT2D eigenvalue weighted by Gasteiger charge is 2.20. The van der Waals surface area contributed by atoms with Gasteiger partial charge in [0.15, 0.2) is 12.2 Å². The summed E-state index contributed by atoms with van der Waals surface area (Å²) in [7, 11) is 0. The number of aromatic nitrogens is 2. The molecule has 2 aromatic carbocycles. The van der Waals surface area contributed by atoms with Crippen molar-refractivity contribution in [1.82, 2.24) is 9.13 Å². The lowest BCUT2D eigenvalue weighted by molar-refractivity contribution is -0.147. The molecule has 1 amide bonds. The van der Waals surface area contributed by atoms with E-state index in [1.54, 1.807) is 47.9 Å². The molecule has 0 fully saturated rings. The normalized spacial score (nSPS) is 10.8. The number of benzene rings is 2. The lowest BCUT2D eigenvalue weighted by atomic mass is 10.2. The van der Waals surface area contributed by atoms with E-state index in [4.69, 9.17) is 9.15 Å². The van der Waals surface area contributed by atoms with Crippen LogP contribution in [0, 0.1) is 31.0 Å². The summed E-state index contributed by atoms with van der Waals surface area (Å²) in [6.07, 6.45) is -0.140. The van der Waals surface area contributed by atoms with Gasteiger partial charge >= 0.3 is 11.7 Å². The van der Waals surface area contributed by atoms with Gasteiger partial charge in [0.05, 0.1) is 17.5 Å². The van der Waals surface area contributed by atoms with Gasteiger partial charge in [-0.3, -0.25) is 14.2 Å². The number of aryl methyl sites for hydroxylation is 1. The summed E-state index contributed by atoms with van der Waals surface area (Å²) in [6.45, 7) is 3.36. The van der Waals surface area contributed by atoms with Crippen molar-refractivity contribution in [2.45, 2.75) is 33.4 Å². The molecule has 0 unspecified atom stereocenters. The molecule has 0 saturated carbocycles. The summed E-state index contributed by atoms with van der Waals surface area (Å²) in [5, 5.41) is 12.3. The third-order valence-corrected chi connectivity index (χ3v) is 5.93. The number of nitrogens with zero attached hydrogens (tertiary/aromatic N) is 3. The second-order valence-electron chi connectivity index (χ2n) is 8.20. The predicted octanol–water partition coefficient (Wildman–Crippen LogP) is 3.64. The zero-order chi connectivity index (χ0) is 25.8. The number of fused-ring (bicyclic) bond motifs is 1. The first-order chi connectivity index (χ1) is 17.3. The number of hydrogen-bond donors (Lipinski definition) is 1. The monoisotopic (exact) mass is 490 g/mol. The topological polar surface area (TPSA) is 119 Å². The minimum atomic E-state index is -0.670. The Kier molecular flexibility index (Phi) is 7.01. The van der Waals surface area contributed by atoms with Crippen molar-refractivity contribution in [1.29, 1.82) is 5.26 Å². The molecule has 4 aromatic rings. The Morgan fingerprint density at radius 2 is 1.83 bits per heavy atom. The van der Waals surface area contributed by atoms with Gasteiger partial charge in [-0.05, 0) is 49.2 Å². The molecular formula is C26H23FN4O5. The Labute approximate surface area is 205 Å². The van der Waals surface area contributed by atoms with Crippen molar-refractivity contribution in [2.24, 2.45) is 0 Å². The number of hydrogen-bond acceptors (Lipinski definition) is 6. The summed E-state index contributed by atoms with van der Waals surface area (Å²) < 4.78 is 26.6. The summed E-state index contributed by atoms with van der Waals surface area (Å²) in [5.41, 5.74) is 3.51.